The molecule has 5 aromatic rings. The number of fused-ring (bicyclic) bond motifs is 18. The summed E-state index contributed by atoms with van der Waals surface area (Å²) in [6, 6.07) is 25.4. The second-order valence-electron chi connectivity index (χ2n) is 13.3. The highest BCUT2D eigenvalue weighted by Gasteiger charge is 2.33. The van der Waals surface area contributed by atoms with Crippen LogP contribution in [0.15, 0.2) is 121 Å². The third-order valence-electron chi connectivity index (χ3n) is 9.20. The summed E-state index contributed by atoms with van der Waals surface area (Å²) in [4.78, 5) is 85.4. The number of aromatic nitrogens is 1. The molecule has 0 saturated carbocycles. The van der Waals surface area contributed by atoms with Gasteiger partial charge in [0.15, 0.2) is 0 Å². The molecule has 3 aromatic carbocycles. The fourth-order valence-corrected chi connectivity index (χ4v) is 7.01. The van der Waals surface area contributed by atoms with Crippen LogP contribution in [0.25, 0.3) is 11.1 Å². The van der Waals surface area contributed by atoms with Gasteiger partial charge in [0, 0.05) is 55.1 Å². The van der Waals surface area contributed by atoms with E-state index in [-0.39, 0.29) is 32.1 Å². The highest BCUT2D eigenvalue weighted by atomic mass is 32.1. The maximum Gasteiger partial charge on any atom is 0.326 e. The average Bonchev–Trinajstić information content (AvgIpc) is 3.74. The number of carboxylic acids is 1. The number of anilines is 1. The van der Waals surface area contributed by atoms with Crippen molar-refractivity contribution in [3.05, 3.63) is 142 Å². The number of benzene rings is 3. The lowest BCUT2D eigenvalue weighted by atomic mass is 9.99. The Hall–Kier alpha value is -6.67. The summed E-state index contributed by atoms with van der Waals surface area (Å²) < 4.78 is 0. The van der Waals surface area contributed by atoms with Gasteiger partial charge in [-0.3, -0.25) is 29.0 Å². The Labute approximate surface area is 327 Å². The number of nitrogens with one attached hydrogen (secondary N) is 5. The van der Waals surface area contributed by atoms with Gasteiger partial charge < -0.3 is 31.7 Å². The lowest BCUT2D eigenvalue weighted by Gasteiger charge is -2.26. The molecule has 4 heterocycles. The zero-order chi connectivity index (χ0) is 39.4. The number of pyridine rings is 1. The molecule has 1 unspecified atom stereocenters. The number of aliphatic carboxylic acids is 1. The van der Waals surface area contributed by atoms with Crippen LogP contribution < -0.4 is 26.6 Å². The first-order chi connectivity index (χ1) is 27.1. The van der Waals surface area contributed by atoms with Gasteiger partial charge in [0.2, 0.25) is 29.5 Å². The number of carbonyl (C=O) groups is 6. The Morgan fingerprint density at radius 3 is 1.98 bits per heavy atom. The zero-order valence-electron chi connectivity index (χ0n) is 30.1. The molecule has 2 aromatic heterocycles. The third kappa shape index (κ3) is 10.7. The molecule has 2 bridgehead atoms. The quantitative estimate of drug-likeness (QED) is 0.134. The molecule has 5 amide bonds. The van der Waals surface area contributed by atoms with E-state index in [1.165, 1.54) is 17.5 Å². The number of hydrogen-bond acceptors (Lipinski definition) is 8. The molecule has 7 rings (SSSR count). The molecule has 0 radical (unpaired) electrons. The summed E-state index contributed by atoms with van der Waals surface area (Å²) in [5.41, 5.74) is 4.23. The molecule has 56 heavy (non-hydrogen) atoms. The van der Waals surface area contributed by atoms with Crippen molar-refractivity contribution < 1.29 is 33.9 Å². The van der Waals surface area contributed by atoms with Crippen molar-refractivity contribution in [2.75, 3.05) is 5.32 Å². The second kappa shape index (κ2) is 18.6. The fourth-order valence-electron chi connectivity index (χ4n) is 6.24. The number of amides is 5. The smallest absolute Gasteiger partial charge is 0.326 e. The van der Waals surface area contributed by atoms with Crippen molar-refractivity contribution >= 4 is 52.5 Å². The molecule has 0 saturated heterocycles. The van der Waals surface area contributed by atoms with Gasteiger partial charge in [-0.1, -0.05) is 78.9 Å². The van der Waals surface area contributed by atoms with Gasteiger partial charge in [0.1, 0.15) is 24.2 Å². The first-order valence-corrected chi connectivity index (χ1v) is 18.9. The van der Waals surface area contributed by atoms with Crippen molar-refractivity contribution in [1.82, 2.24) is 26.3 Å². The fraction of sp³-hybridized carbons (Fsp3) is 0.214. The van der Waals surface area contributed by atoms with Gasteiger partial charge in [-0.05, 0) is 57.5 Å². The van der Waals surface area contributed by atoms with E-state index in [4.69, 9.17) is 0 Å². The van der Waals surface area contributed by atoms with Crippen LogP contribution in [0, 0.1) is 0 Å². The van der Waals surface area contributed by atoms with Gasteiger partial charge >= 0.3 is 5.97 Å². The summed E-state index contributed by atoms with van der Waals surface area (Å²) in [7, 11) is 0. The standard InChI is InChI=1S/C42H40N6O7S/c49-36-18-19-37(50)48-38(35-9-5-21-56-35)41(53)46-32(22-26-10-14-30(15-11-26)29-7-2-1-3-8-29)39(51)45-33(24-28-6-4-20-43-25-28)40(52)47-34(42(54)55)23-27-12-16-31(44-36)17-13-27/h1-17,20-21,25,32-34,38H,18-19,22-24H2,(H,44,49)(H,45,51)(H,46,53)(H,47,52)(H,48,50)(H,54,55)/t32-,33-,34-,38?/m0/s1. The Bertz CT molecular complexity index is 2150. The Balaban J connectivity index is 1.34. The second-order valence-corrected chi connectivity index (χ2v) is 14.3. The van der Waals surface area contributed by atoms with E-state index < -0.39 is 59.7 Å². The lowest BCUT2D eigenvalue weighted by molar-refractivity contribution is -0.142. The monoisotopic (exact) mass is 772 g/mol. The number of hydrogen-bond donors (Lipinski definition) is 6. The van der Waals surface area contributed by atoms with Crippen molar-refractivity contribution in [3.8, 4) is 11.1 Å². The van der Waals surface area contributed by atoms with Crippen molar-refractivity contribution in [3.63, 3.8) is 0 Å². The van der Waals surface area contributed by atoms with E-state index in [2.05, 4.69) is 31.6 Å². The zero-order valence-corrected chi connectivity index (χ0v) is 31.0. The van der Waals surface area contributed by atoms with Crippen LogP contribution in [0.4, 0.5) is 5.69 Å². The van der Waals surface area contributed by atoms with Crippen LogP contribution in [0.1, 0.15) is 40.5 Å². The SMILES string of the molecule is O=C1CCC(=O)NC(c2cccs2)C(=O)N[C@@H](Cc2ccc(-c3ccccc3)cc2)C(=O)N[C@@H](Cc2cccnc2)C(=O)N[C@H](C(=O)O)Cc2ccc(cc2)N1. The first kappa shape index (κ1) is 39.0. The number of nitrogens with zero attached hydrogens (tertiary/aromatic N) is 1. The summed E-state index contributed by atoms with van der Waals surface area (Å²) in [5.74, 6) is -4.44. The first-order valence-electron chi connectivity index (χ1n) is 18.0. The van der Waals surface area contributed by atoms with Crippen LogP contribution in [-0.4, -0.2) is 63.7 Å². The Morgan fingerprint density at radius 2 is 1.32 bits per heavy atom. The maximum atomic E-state index is 14.3. The van der Waals surface area contributed by atoms with Crippen LogP contribution in [-0.2, 0) is 48.0 Å². The lowest BCUT2D eigenvalue weighted by Crippen LogP contribution is -2.58. The molecule has 286 valence electrons. The minimum atomic E-state index is -1.37. The molecule has 2 aliphatic heterocycles. The molecule has 0 spiro atoms. The predicted molar refractivity (Wildman–Crippen MR) is 210 cm³/mol. The number of thiophene rings is 1. The molecule has 0 aliphatic carbocycles. The molecular formula is C42H40N6O7S. The highest BCUT2D eigenvalue weighted by molar-refractivity contribution is 7.10. The Kier molecular flexibility index (Phi) is 13.0. The van der Waals surface area contributed by atoms with Gasteiger partial charge in [-0.15, -0.1) is 11.3 Å². The van der Waals surface area contributed by atoms with E-state index in [9.17, 15) is 33.9 Å². The third-order valence-corrected chi connectivity index (χ3v) is 10.1. The van der Waals surface area contributed by atoms with E-state index >= 15 is 0 Å². The molecule has 14 heteroatoms. The Morgan fingerprint density at radius 1 is 0.661 bits per heavy atom. The minimum Gasteiger partial charge on any atom is -0.480 e. The largest absolute Gasteiger partial charge is 0.480 e. The van der Waals surface area contributed by atoms with E-state index in [1.54, 1.807) is 60.1 Å². The van der Waals surface area contributed by atoms with Gasteiger partial charge in [0.05, 0.1) is 0 Å². The molecule has 13 nitrogen and oxygen atoms in total. The van der Waals surface area contributed by atoms with Crippen molar-refractivity contribution in [1.29, 1.82) is 0 Å². The van der Waals surface area contributed by atoms with E-state index in [0.29, 0.717) is 27.3 Å². The predicted octanol–water partition coefficient (Wildman–Crippen LogP) is 3.97. The molecule has 6 N–H and O–H groups in total. The minimum absolute atomic E-state index is 0.00667. The van der Waals surface area contributed by atoms with Gasteiger partial charge in [0.25, 0.3) is 0 Å². The molecule has 4 atom stereocenters. The summed E-state index contributed by atoms with van der Waals surface area (Å²) in [6.45, 7) is 0. The molecule has 2 aliphatic rings. The summed E-state index contributed by atoms with van der Waals surface area (Å²) in [5, 5.41) is 25.5. The van der Waals surface area contributed by atoms with Crippen LogP contribution in [0.2, 0.25) is 0 Å². The summed E-state index contributed by atoms with van der Waals surface area (Å²) in [6.07, 6.45) is 2.58. The molecule has 0 fully saturated rings. The van der Waals surface area contributed by atoms with E-state index in [1.807, 2.05) is 54.6 Å². The maximum absolute atomic E-state index is 14.3. The topological polar surface area (TPSA) is 196 Å². The average molecular weight is 773 g/mol. The number of rotatable bonds is 7. The summed E-state index contributed by atoms with van der Waals surface area (Å²) >= 11 is 1.23. The van der Waals surface area contributed by atoms with Crippen molar-refractivity contribution in [2.45, 2.75) is 56.3 Å². The van der Waals surface area contributed by atoms with Gasteiger partial charge in [-0.25, -0.2) is 4.79 Å². The van der Waals surface area contributed by atoms with Crippen LogP contribution in [0.5, 0.6) is 0 Å². The van der Waals surface area contributed by atoms with Crippen molar-refractivity contribution in [2.24, 2.45) is 0 Å². The normalized spacial score (nSPS) is 20.0. The number of carboxylic acid groups (broad SMARTS) is 1. The van der Waals surface area contributed by atoms with Crippen LogP contribution >= 0.6 is 11.3 Å². The van der Waals surface area contributed by atoms with Crippen LogP contribution in [0.3, 0.4) is 0 Å². The van der Waals surface area contributed by atoms with E-state index in [0.717, 1.165) is 11.1 Å². The van der Waals surface area contributed by atoms with Gasteiger partial charge in [-0.2, -0.15) is 0 Å². The highest BCUT2D eigenvalue weighted by Crippen LogP contribution is 2.22. The number of carbonyl (C=O) groups excluding carboxylic acids is 5. The molecular weight excluding hydrogens is 733 g/mol.